The number of sulfonamides is 1. The van der Waals surface area contributed by atoms with Crippen molar-refractivity contribution < 1.29 is 13.2 Å². The van der Waals surface area contributed by atoms with Crippen LogP contribution in [-0.4, -0.2) is 54.5 Å². The van der Waals surface area contributed by atoms with E-state index in [2.05, 4.69) is 12.0 Å². The van der Waals surface area contributed by atoms with E-state index in [0.717, 1.165) is 18.4 Å². The normalized spacial score (nSPS) is 17.5. The highest BCUT2D eigenvalue weighted by Crippen LogP contribution is 2.45. The number of nitrogens with zero attached hydrogens (tertiary/aromatic N) is 4. The lowest BCUT2D eigenvalue weighted by Crippen LogP contribution is -2.44. The molecule has 202 valence electrons. The number of hydrogen-bond acceptors (Lipinski definition) is 6. The van der Waals surface area contributed by atoms with E-state index in [4.69, 9.17) is 16.3 Å². The molecule has 0 bridgehead atoms. The molecular weight excluding hydrogens is 524 g/mol. The Hall–Kier alpha value is -2.88. The standard InChI is InChI=1S/C28H33ClN4O4S/c1-28(13-14-28)20-37-26-25(18-30-33(27(26)34)23-10-6-9-22(29)17-23)32-15-11-24(12-16-32)38(35,36)31(2)19-21-7-4-3-5-8-21/h3-10,17-18,24H,11-16,19-20H2,1-2H3. The predicted molar refractivity (Wildman–Crippen MR) is 150 cm³/mol. The number of rotatable bonds is 9. The van der Waals surface area contributed by atoms with E-state index in [1.165, 1.54) is 8.99 Å². The summed E-state index contributed by atoms with van der Waals surface area (Å²) < 4.78 is 35.5. The maximum atomic E-state index is 13.6. The van der Waals surface area contributed by atoms with Gasteiger partial charge in [-0.25, -0.2) is 12.7 Å². The molecule has 1 saturated carbocycles. The van der Waals surface area contributed by atoms with Crippen LogP contribution in [0, 0.1) is 5.41 Å². The second kappa shape index (κ2) is 10.7. The van der Waals surface area contributed by atoms with Crippen molar-refractivity contribution in [1.29, 1.82) is 0 Å². The molecule has 0 atom stereocenters. The zero-order chi connectivity index (χ0) is 26.9. The van der Waals surface area contributed by atoms with Crippen LogP contribution in [0.2, 0.25) is 5.02 Å². The maximum Gasteiger partial charge on any atom is 0.316 e. The van der Waals surface area contributed by atoms with Crippen molar-refractivity contribution >= 4 is 27.3 Å². The topological polar surface area (TPSA) is 84.7 Å². The van der Waals surface area contributed by atoms with Crippen LogP contribution in [0.15, 0.2) is 65.6 Å². The lowest BCUT2D eigenvalue weighted by molar-refractivity contribution is 0.243. The van der Waals surface area contributed by atoms with E-state index in [1.807, 2.05) is 35.2 Å². The van der Waals surface area contributed by atoms with Crippen molar-refractivity contribution in [2.24, 2.45) is 5.41 Å². The Balaban J connectivity index is 1.35. The van der Waals surface area contributed by atoms with Crippen molar-refractivity contribution in [3.8, 4) is 11.4 Å². The van der Waals surface area contributed by atoms with E-state index < -0.39 is 15.3 Å². The molecule has 1 saturated heterocycles. The quantitative estimate of drug-likeness (QED) is 0.386. The fourth-order valence-electron chi connectivity index (χ4n) is 4.77. The third kappa shape index (κ3) is 5.75. The molecule has 0 radical (unpaired) electrons. The van der Waals surface area contributed by atoms with E-state index in [1.54, 1.807) is 37.5 Å². The first-order chi connectivity index (χ1) is 18.2. The Morgan fingerprint density at radius 3 is 2.47 bits per heavy atom. The Labute approximate surface area is 228 Å². The van der Waals surface area contributed by atoms with Gasteiger partial charge in [0.05, 0.1) is 23.7 Å². The molecule has 0 unspecified atom stereocenters. The summed E-state index contributed by atoms with van der Waals surface area (Å²) >= 11 is 6.15. The molecule has 0 N–H and O–H groups in total. The average Bonchev–Trinajstić information content (AvgIpc) is 3.65. The molecule has 2 aromatic carbocycles. The molecule has 1 aliphatic carbocycles. The summed E-state index contributed by atoms with van der Waals surface area (Å²) in [5.41, 5.74) is 1.84. The van der Waals surface area contributed by atoms with E-state index in [9.17, 15) is 13.2 Å². The molecule has 0 amide bonds. The van der Waals surface area contributed by atoms with Gasteiger partial charge in [0.15, 0.2) is 0 Å². The summed E-state index contributed by atoms with van der Waals surface area (Å²) in [4.78, 5) is 15.6. The maximum absolute atomic E-state index is 13.6. The van der Waals surface area contributed by atoms with Crippen molar-refractivity contribution in [3.05, 3.63) is 81.7 Å². The average molecular weight is 557 g/mol. The molecule has 1 aromatic heterocycles. The van der Waals surface area contributed by atoms with Gasteiger partial charge in [0.25, 0.3) is 0 Å². The molecule has 0 spiro atoms. The van der Waals surface area contributed by atoms with Crippen molar-refractivity contribution in [3.63, 3.8) is 0 Å². The Kier molecular flexibility index (Phi) is 7.53. The summed E-state index contributed by atoms with van der Waals surface area (Å²) in [6.45, 7) is 3.90. The van der Waals surface area contributed by atoms with Crippen LogP contribution in [0.5, 0.6) is 5.75 Å². The molecule has 2 aliphatic rings. The molecule has 1 aliphatic heterocycles. The van der Waals surface area contributed by atoms with Gasteiger partial charge >= 0.3 is 5.56 Å². The summed E-state index contributed by atoms with van der Waals surface area (Å²) in [6.07, 6.45) is 4.68. The lowest BCUT2D eigenvalue weighted by atomic mass is 10.1. The molecule has 10 heteroatoms. The van der Waals surface area contributed by atoms with Gasteiger partial charge in [0, 0.05) is 37.1 Å². The first-order valence-electron chi connectivity index (χ1n) is 12.9. The van der Waals surface area contributed by atoms with Gasteiger partial charge in [-0.15, -0.1) is 0 Å². The second-order valence-corrected chi connectivity index (χ2v) is 13.4. The Bertz CT molecular complexity index is 1450. The fraction of sp³-hybridized carbons (Fsp3) is 0.429. The van der Waals surface area contributed by atoms with Crippen LogP contribution in [0.4, 0.5) is 5.69 Å². The van der Waals surface area contributed by atoms with Crippen molar-refractivity contribution in [2.45, 2.75) is 44.4 Å². The highest BCUT2D eigenvalue weighted by atomic mass is 35.5. The second-order valence-electron chi connectivity index (χ2n) is 10.6. The van der Waals surface area contributed by atoms with E-state index in [0.29, 0.717) is 55.5 Å². The number of anilines is 1. The van der Waals surface area contributed by atoms with Crippen LogP contribution in [0.25, 0.3) is 5.69 Å². The molecular formula is C28H33ClN4O4S. The number of halogens is 1. The Morgan fingerprint density at radius 1 is 1.11 bits per heavy atom. The van der Waals surface area contributed by atoms with Gasteiger partial charge in [-0.3, -0.25) is 4.79 Å². The summed E-state index contributed by atoms with van der Waals surface area (Å²) in [7, 11) is -1.83. The number of aromatic nitrogens is 2. The fourth-order valence-corrected chi connectivity index (χ4v) is 6.59. The molecule has 2 heterocycles. The van der Waals surface area contributed by atoms with Crippen LogP contribution in [0.1, 0.15) is 38.2 Å². The van der Waals surface area contributed by atoms with Gasteiger partial charge in [-0.05, 0) is 49.4 Å². The highest BCUT2D eigenvalue weighted by Gasteiger charge is 2.39. The number of piperidine rings is 1. The monoisotopic (exact) mass is 556 g/mol. The zero-order valence-corrected chi connectivity index (χ0v) is 23.3. The van der Waals surface area contributed by atoms with Crippen LogP contribution >= 0.6 is 11.6 Å². The zero-order valence-electron chi connectivity index (χ0n) is 21.7. The third-order valence-corrected chi connectivity index (χ3v) is 10.1. The minimum absolute atomic E-state index is 0.0816. The highest BCUT2D eigenvalue weighted by molar-refractivity contribution is 7.89. The first kappa shape index (κ1) is 26.7. The smallest absolute Gasteiger partial charge is 0.316 e. The van der Waals surface area contributed by atoms with Crippen LogP contribution in [-0.2, 0) is 16.6 Å². The number of hydrogen-bond donors (Lipinski definition) is 0. The Morgan fingerprint density at radius 2 is 1.82 bits per heavy atom. The summed E-state index contributed by atoms with van der Waals surface area (Å²) in [5, 5.41) is 4.45. The molecule has 3 aromatic rings. The van der Waals surface area contributed by atoms with Crippen molar-refractivity contribution in [1.82, 2.24) is 14.1 Å². The van der Waals surface area contributed by atoms with Gasteiger partial charge < -0.3 is 9.64 Å². The third-order valence-electron chi connectivity index (χ3n) is 7.52. The van der Waals surface area contributed by atoms with E-state index in [-0.39, 0.29) is 16.7 Å². The van der Waals surface area contributed by atoms with Gasteiger partial charge in [-0.1, -0.05) is 54.9 Å². The SMILES string of the molecule is CN(Cc1ccccc1)S(=O)(=O)C1CCN(c2cnn(-c3cccc(Cl)c3)c(=O)c2OCC2(C)CC2)CC1. The predicted octanol–water partition coefficient (Wildman–Crippen LogP) is 4.50. The molecule has 2 fully saturated rings. The van der Waals surface area contributed by atoms with Crippen LogP contribution in [0.3, 0.4) is 0 Å². The number of benzene rings is 2. The van der Waals surface area contributed by atoms with Crippen LogP contribution < -0.4 is 15.2 Å². The molecule has 8 nitrogen and oxygen atoms in total. The molecule has 38 heavy (non-hydrogen) atoms. The van der Waals surface area contributed by atoms with Gasteiger partial charge in [0.1, 0.15) is 5.69 Å². The van der Waals surface area contributed by atoms with Gasteiger partial charge in [-0.2, -0.15) is 9.78 Å². The molecule has 5 rings (SSSR count). The first-order valence-corrected chi connectivity index (χ1v) is 14.8. The van der Waals surface area contributed by atoms with Crippen molar-refractivity contribution in [2.75, 3.05) is 31.6 Å². The number of ether oxygens (including phenoxy) is 1. The lowest BCUT2D eigenvalue weighted by Gasteiger charge is -2.35. The minimum atomic E-state index is -3.47. The van der Waals surface area contributed by atoms with Gasteiger partial charge in [0.2, 0.25) is 15.8 Å². The summed E-state index contributed by atoms with van der Waals surface area (Å²) in [6, 6.07) is 16.6. The van der Waals surface area contributed by atoms with E-state index >= 15 is 0 Å². The minimum Gasteiger partial charge on any atom is -0.486 e. The summed E-state index contributed by atoms with van der Waals surface area (Å²) in [5.74, 6) is 0.246. The largest absolute Gasteiger partial charge is 0.486 e.